The summed E-state index contributed by atoms with van der Waals surface area (Å²) in [5.74, 6) is 0.481. The van der Waals surface area contributed by atoms with E-state index >= 15 is 0 Å². The second-order valence-corrected chi connectivity index (χ2v) is 3.31. The quantitative estimate of drug-likeness (QED) is 0.491. The topological polar surface area (TPSA) is 88.2 Å². The van der Waals surface area contributed by atoms with E-state index in [1.807, 2.05) is 18.2 Å². The van der Waals surface area contributed by atoms with E-state index in [0.29, 0.717) is 12.4 Å². The molecule has 0 saturated carbocycles. The van der Waals surface area contributed by atoms with Crippen LogP contribution in [0.15, 0.2) is 35.3 Å². The summed E-state index contributed by atoms with van der Waals surface area (Å²) in [6.45, 7) is 0.642. The Balaban J connectivity index is 2.35. The minimum absolute atomic E-state index is 0.0518. The SMILES string of the molecule is N=C(N)CC(N)=NCCc1ccccc1. The minimum atomic E-state index is 0.0518. The molecule has 0 unspecified atom stereocenters. The average Bonchev–Trinajstić information content (AvgIpc) is 2.18. The van der Waals surface area contributed by atoms with Gasteiger partial charge in [-0.05, 0) is 12.0 Å². The molecule has 1 aromatic rings. The fourth-order valence-electron chi connectivity index (χ4n) is 1.22. The summed E-state index contributed by atoms with van der Waals surface area (Å²) < 4.78 is 0. The molecule has 0 amide bonds. The third-order valence-corrected chi connectivity index (χ3v) is 1.93. The summed E-state index contributed by atoms with van der Waals surface area (Å²) in [5.41, 5.74) is 12.0. The third kappa shape index (κ3) is 4.81. The van der Waals surface area contributed by atoms with Gasteiger partial charge in [0.2, 0.25) is 0 Å². The molecule has 1 aromatic carbocycles. The zero-order valence-electron chi connectivity index (χ0n) is 8.61. The van der Waals surface area contributed by atoms with Crippen molar-refractivity contribution < 1.29 is 0 Å². The molecule has 0 aromatic heterocycles. The molecule has 15 heavy (non-hydrogen) atoms. The first kappa shape index (κ1) is 11.2. The molecule has 4 nitrogen and oxygen atoms in total. The molecule has 4 heteroatoms. The van der Waals surface area contributed by atoms with E-state index in [1.165, 1.54) is 5.56 Å². The van der Waals surface area contributed by atoms with Gasteiger partial charge in [-0.1, -0.05) is 30.3 Å². The second-order valence-electron chi connectivity index (χ2n) is 3.31. The molecular weight excluding hydrogens is 188 g/mol. The average molecular weight is 204 g/mol. The highest BCUT2D eigenvalue weighted by molar-refractivity contribution is 5.99. The molecule has 0 atom stereocenters. The van der Waals surface area contributed by atoms with Crippen molar-refractivity contribution in [3.63, 3.8) is 0 Å². The van der Waals surface area contributed by atoms with Crippen LogP contribution >= 0.6 is 0 Å². The third-order valence-electron chi connectivity index (χ3n) is 1.93. The molecule has 0 spiro atoms. The van der Waals surface area contributed by atoms with E-state index in [9.17, 15) is 0 Å². The summed E-state index contributed by atoms with van der Waals surface area (Å²) >= 11 is 0. The van der Waals surface area contributed by atoms with Gasteiger partial charge in [0.1, 0.15) is 5.84 Å². The molecule has 1 rings (SSSR count). The zero-order chi connectivity index (χ0) is 11.1. The first-order chi connectivity index (χ1) is 7.18. The highest BCUT2D eigenvalue weighted by Crippen LogP contribution is 1.99. The van der Waals surface area contributed by atoms with Crippen molar-refractivity contribution in [2.24, 2.45) is 16.5 Å². The van der Waals surface area contributed by atoms with Gasteiger partial charge in [-0.15, -0.1) is 0 Å². The maximum Gasteiger partial charge on any atom is 0.101 e. The van der Waals surface area contributed by atoms with Gasteiger partial charge in [0.25, 0.3) is 0 Å². The van der Waals surface area contributed by atoms with E-state index < -0.39 is 0 Å². The minimum Gasteiger partial charge on any atom is -0.387 e. The van der Waals surface area contributed by atoms with Crippen molar-refractivity contribution in [2.45, 2.75) is 12.8 Å². The van der Waals surface area contributed by atoms with Crippen LogP contribution in [0.25, 0.3) is 0 Å². The van der Waals surface area contributed by atoms with Crippen LogP contribution < -0.4 is 11.5 Å². The molecule has 0 fully saturated rings. The smallest absolute Gasteiger partial charge is 0.101 e. The highest BCUT2D eigenvalue weighted by atomic mass is 14.9. The van der Waals surface area contributed by atoms with Crippen LogP contribution in [0.5, 0.6) is 0 Å². The van der Waals surface area contributed by atoms with E-state index in [0.717, 1.165) is 6.42 Å². The first-order valence-electron chi connectivity index (χ1n) is 4.84. The number of aliphatic imine (C=N–C) groups is 1. The Morgan fingerprint density at radius 1 is 1.20 bits per heavy atom. The number of nitrogens with zero attached hydrogens (tertiary/aromatic N) is 1. The van der Waals surface area contributed by atoms with Crippen LogP contribution in [-0.4, -0.2) is 18.2 Å². The molecule has 0 bridgehead atoms. The van der Waals surface area contributed by atoms with E-state index in [2.05, 4.69) is 17.1 Å². The largest absolute Gasteiger partial charge is 0.387 e. The summed E-state index contributed by atoms with van der Waals surface area (Å²) in [4.78, 5) is 4.13. The van der Waals surface area contributed by atoms with Crippen LogP contribution in [0.2, 0.25) is 0 Å². The van der Waals surface area contributed by atoms with Gasteiger partial charge in [0.05, 0.1) is 12.3 Å². The van der Waals surface area contributed by atoms with Gasteiger partial charge < -0.3 is 11.5 Å². The van der Waals surface area contributed by atoms with Crippen molar-refractivity contribution in [1.82, 2.24) is 0 Å². The van der Waals surface area contributed by atoms with Crippen molar-refractivity contribution in [3.8, 4) is 0 Å². The standard InChI is InChI=1S/C11H16N4/c12-10(13)8-11(14)15-7-6-9-4-2-1-3-5-9/h1-5H,6-8H2,(H3,12,13)(H2,14,15). The summed E-state index contributed by atoms with van der Waals surface area (Å²) in [6, 6.07) is 10.1. The lowest BCUT2D eigenvalue weighted by Crippen LogP contribution is -2.22. The fraction of sp³-hybridized carbons (Fsp3) is 0.273. The van der Waals surface area contributed by atoms with Gasteiger partial charge in [-0.2, -0.15) is 0 Å². The molecule has 5 N–H and O–H groups in total. The van der Waals surface area contributed by atoms with Crippen molar-refractivity contribution >= 4 is 11.7 Å². The number of amidine groups is 2. The maximum absolute atomic E-state index is 7.04. The molecular formula is C11H16N4. The monoisotopic (exact) mass is 204 g/mol. The molecule has 0 heterocycles. The maximum atomic E-state index is 7.04. The van der Waals surface area contributed by atoms with Crippen LogP contribution in [0.4, 0.5) is 0 Å². The lowest BCUT2D eigenvalue weighted by molar-refractivity contribution is 0.961. The van der Waals surface area contributed by atoms with Gasteiger partial charge in [-0.3, -0.25) is 10.4 Å². The number of hydrogen-bond donors (Lipinski definition) is 3. The van der Waals surface area contributed by atoms with Crippen LogP contribution in [0.3, 0.4) is 0 Å². The van der Waals surface area contributed by atoms with Gasteiger partial charge in [0, 0.05) is 6.54 Å². The predicted octanol–water partition coefficient (Wildman–Crippen LogP) is 0.912. The molecule has 0 aliphatic rings. The number of hydrogen-bond acceptors (Lipinski definition) is 2. The molecule has 0 radical (unpaired) electrons. The zero-order valence-corrected chi connectivity index (χ0v) is 8.61. The molecule has 0 saturated heterocycles. The Morgan fingerprint density at radius 2 is 1.87 bits per heavy atom. The van der Waals surface area contributed by atoms with Crippen LogP contribution in [0.1, 0.15) is 12.0 Å². The Bertz CT molecular complexity index is 343. The summed E-state index contributed by atoms with van der Waals surface area (Å²) in [5, 5.41) is 7.04. The fourth-order valence-corrected chi connectivity index (χ4v) is 1.22. The number of rotatable bonds is 5. The lowest BCUT2D eigenvalue weighted by Gasteiger charge is -2.00. The van der Waals surface area contributed by atoms with Crippen molar-refractivity contribution in [2.75, 3.05) is 6.54 Å². The Hall–Kier alpha value is -1.84. The van der Waals surface area contributed by atoms with Crippen molar-refractivity contribution in [1.29, 1.82) is 5.41 Å². The Morgan fingerprint density at radius 3 is 2.47 bits per heavy atom. The first-order valence-corrected chi connectivity index (χ1v) is 4.84. The van der Waals surface area contributed by atoms with Crippen LogP contribution in [-0.2, 0) is 6.42 Å². The predicted molar refractivity (Wildman–Crippen MR) is 63.2 cm³/mol. The van der Waals surface area contributed by atoms with Gasteiger partial charge in [-0.25, -0.2) is 0 Å². The second kappa shape index (κ2) is 5.80. The number of nitrogens with one attached hydrogen (secondary N) is 1. The van der Waals surface area contributed by atoms with E-state index in [4.69, 9.17) is 16.9 Å². The number of nitrogens with two attached hydrogens (primary N) is 2. The van der Waals surface area contributed by atoms with Crippen molar-refractivity contribution in [3.05, 3.63) is 35.9 Å². The Labute approximate surface area is 89.5 Å². The highest BCUT2D eigenvalue weighted by Gasteiger charge is 1.95. The molecule has 80 valence electrons. The molecule has 0 aliphatic heterocycles. The van der Waals surface area contributed by atoms with Gasteiger partial charge >= 0.3 is 0 Å². The van der Waals surface area contributed by atoms with Crippen LogP contribution in [0, 0.1) is 5.41 Å². The van der Waals surface area contributed by atoms with Gasteiger partial charge in [0.15, 0.2) is 0 Å². The Kier molecular flexibility index (Phi) is 4.34. The normalized spacial score (nSPS) is 11.3. The lowest BCUT2D eigenvalue weighted by atomic mass is 10.1. The number of benzene rings is 1. The van der Waals surface area contributed by atoms with E-state index in [1.54, 1.807) is 0 Å². The summed E-state index contributed by atoms with van der Waals surface area (Å²) in [6.07, 6.45) is 1.12. The molecule has 0 aliphatic carbocycles. The summed E-state index contributed by atoms with van der Waals surface area (Å²) in [7, 11) is 0. The van der Waals surface area contributed by atoms with E-state index in [-0.39, 0.29) is 12.3 Å².